The number of azo groups is 1. The van der Waals surface area contributed by atoms with Gasteiger partial charge in [0, 0.05) is 24.4 Å². The fourth-order valence-electron chi connectivity index (χ4n) is 2.91. The third-order valence-corrected chi connectivity index (χ3v) is 4.26. The first-order valence-corrected chi connectivity index (χ1v) is 9.22. The van der Waals surface area contributed by atoms with Crippen LogP contribution in [0.5, 0.6) is 0 Å². The lowest BCUT2D eigenvalue weighted by Crippen LogP contribution is -2.38. The molecule has 1 N–H and O–H groups in total. The van der Waals surface area contributed by atoms with Gasteiger partial charge in [-0.25, -0.2) is 0 Å². The van der Waals surface area contributed by atoms with Gasteiger partial charge < -0.3 is 10.0 Å². The van der Waals surface area contributed by atoms with E-state index >= 15 is 0 Å². The van der Waals surface area contributed by atoms with Crippen molar-refractivity contribution in [3.63, 3.8) is 0 Å². The smallest absolute Gasteiger partial charge is 0.269 e. The molecule has 7 heteroatoms. The molecule has 2 rings (SSSR count). The number of aliphatic hydroxyl groups is 1. The molecule has 2 aromatic carbocycles. The zero-order valence-corrected chi connectivity index (χ0v) is 15.8. The van der Waals surface area contributed by atoms with Crippen molar-refractivity contribution in [1.82, 2.24) is 0 Å². The summed E-state index contributed by atoms with van der Waals surface area (Å²) in [5, 5.41) is 28.7. The second-order valence-corrected chi connectivity index (χ2v) is 6.31. The normalized spacial score (nSPS) is 12.3. The summed E-state index contributed by atoms with van der Waals surface area (Å²) in [7, 11) is 0. The van der Waals surface area contributed by atoms with E-state index in [2.05, 4.69) is 29.0 Å². The second kappa shape index (κ2) is 10.4. The number of aliphatic hydroxyl groups excluding tert-OH is 1. The Balaban J connectivity index is 2.11. The highest BCUT2D eigenvalue weighted by Gasteiger charge is 2.16. The molecule has 0 aliphatic heterocycles. The van der Waals surface area contributed by atoms with Gasteiger partial charge in [-0.15, -0.1) is 0 Å². The number of benzene rings is 2. The van der Waals surface area contributed by atoms with Gasteiger partial charge >= 0.3 is 0 Å². The summed E-state index contributed by atoms with van der Waals surface area (Å²) in [5.41, 5.74) is 2.34. The Labute approximate surface area is 159 Å². The zero-order valence-electron chi connectivity index (χ0n) is 15.8. The van der Waals surface area contributed by atoms with Gasteiger partial charge in [0.1, 0.15) is 0 Å². The Kier molecular flexibility index (Phi) is 7.88. The Bertz CT molecular complexity index is 745. The van der Waals surface area contributed by atoms with Crippen molar-refractivity contribution in [3.8, 4) is 0 Å². The molecule has 27 heavy (non-hydrogen) atoms. The largest absolute Gasteiger partial charge is 0.394 e. The topological polar surface area (TPSA) is 91.3 Å². The van der Waals surface area contributed by atoms with E-state index in [0.29, 0.717) is 11.4 Å². The van der Waals surface area contributed by atoms with Crippen LogP contribution < -0.4 is 4.90 Å². The molecule has 7 nitrogen and oxygen atoms in total. The van der Waals surface area contributed by atoms with E-state index in [1.54, 1.807) is 12.1 Å². The van der Waals surface area contributed by atoms with Crippen molar-refractivity contribution in [3.05, 3.63) is 58.6 Å². The third-order valence-electron chi connectivity index (χ3n) is 4.26. The molecular formula is C20H26N4O3. The van der Waals surface area contributed by atoms with Crippen LogP contribution in [0.1, 0.15) is 33.1 Å². The van der Waals surface area contributed by atoms with Crippen LogP contribution in [0.3, 0.4) is 0 Å². The van der Waals surface area contributed by atoms with E-state index in [0.717, 1.165) is 31.5 Å². The molecule has 0 spiro atoms. The van der Waals surface area contributed by atoms with Gasteiger partial charge in [-0.3, -0.25) is 10.1 Å². The van der Waals surface area contributed by atoms with Crippen molar-refractivity contribution in [2.24, 2.45) is 10.2 Å². The lowest BCUT2D eigenvalue weighted by Gasteiger charge is -2.32. The minimum atomic E-state index is -0.445. The van der Waals surface area contributed by atoms with E-state index in [4.69, 9.17) is 0 Å². The summed E-state index contributed by atoms with van der Waals surface area (Å²) in [6, 6.07) is 13.8. The first-order valence-electron chi connectivity index (χ1n) is 9.22. The second-order valence-electron chi connectivity index (χ2n) is 6.31. The number of nitro groups is 1. The number of hydrogen-bond acceptors (Lipinski definition) is 6. The molecule has 0 radical (unpaired) electrons. The minimum absolute atomic E-state index is 0.0276. The first kappa shape index (κ1) is 20.5. The van der Waals surface area contributed by atoms with Crippen molar-refractivity contribution < 1.29 is 10.0 Å². The number of hydrogen-bond donors (Lipinski definition) is 1. The molecule has 1 unspecified atom stereocenters. The molecule has 0 aromatic heterocycles. The van der Waals surface area contributed by atoms with E-state index < -0.39 is 4.92 Å². The number of nitrogens with zero attached hydrogens (tertiary/aromatic N) is 4. The lowest BCUT2D eigenvalue weighted by atomic mass is 10.1. The van der Waals surface area contributed by atoms with Gasteiger partial charge in [-0.05, 0) is 49.2 Å². The van der Waals surface area contributed by atoms with Crippen LogP contribution in [0.4, 0.5) is 22.7 Å². The van der Waals surface area contributed by atoms with Gasteiger partial charge in [0.2, 0.25) is 0 Å². The van der Waals surface area contributed by atoms with Crippen molar-refractivity contribution >= 4 is 22.7 Å². The number of rotatable bonds is 10. The minimum Gasteiger partial charge on any atom is -0.394 e. The van der Waals surface area contributed by atoms with Gasteiger partial charge in [0.25, 0.3) is 5.69 Å². The summed E-state index contributed by atoms with van der Waals surface area (Å²) in [5.74, 6) is 0. The molecule has 0 saturated heterocycles. The lowest BCUT2D eigenvalue weighted by molar-refractivity contribution is -0.384. The van der Waals surface area contributed by atoms with Gasteiger partial charge in [-0.2, -0.15) is 10.2 Å². The fraction of sp³-hybridized carbons (Fsp3) is 0.400. The molecule has 0 heterocycles. The van der Waals surface area contributed by atoms with Crippen molar-refractivity contribution in [2.75, 3.05) is 18.1 Å². The van der Waals surface area contributed by atoms with Crippen LogP contribution in [0.25, 0.3) is 0 Å². The quantitative estimate of drug-likeness (QED) is 0.345. The maximum atomic E-state index is 10.7. The fourth-order valence-corrected chi connectivity index (χ4v) is 2.91. The molecule has 0 aliphatic carbocycles. The zero-order chi connectivity index (χ0) is 19.6. The highest BCUT2D eigenvalue weighted by Crippen LogP contribution is 2.25. The molecule has 0 amide bonds. The standard InChI is InChI=1S/C20H26N4O3/c1-3-5-20(15-25)23(14-4-2)18-10-6-16(7-11-18)21-22-17-8-12-19(13-9-17)24(26)27/h6-13,20,25H,3-5,14-15H2,1-2H3/b22-21+. The monoisotopic (exact) mass is 370 g/mol. The summed E-state index contributed by atoms with van der Waals surface area (Å²) in [6.45, 7) is 5.26. The maximum absolute atomic E-state index is 10.7. The molecule has 0 fully saturated rings. The first-order chi connectivity index (χ1) is 13.1. The Hall–Kier alpha value is -2.80. The number of nitro benzene ring substituents is 1. The predicted molar refractivity (Wildman–Crippen MR) is 107 cm³/mol. The van der Waals surface area contributed by atoms with E-state index in [1.807, 2.05) is 24.3 Å². The molecule has 0 aliphatic rings. The van der Waals surface area contributed by atoms with Crippen LogP contribution in [0.15, 0.2) is 58.8 Å². The average molecular weight is 370 g/mol. The third kappa shape index (κ3) is 5.86. The highest BCUT2D eigenvalue weighted by molar-refractivity contribution is 5.54. The summed E-state index contributed by atoms with van der Waals surface area (Å²) in [6.07, 6.45) is 2.97. The summed E-state index contributed by atoms with van der Waals surface area (Å²) < 4.78 is 0. The Morgan fingerprint density at radius 1 is 1.00 bits per heavy atom. The van der Waals surface area contributed by atoms with Crippen LogP contribution >= 0.6 is 0 Å². The average Bonchev–Trinajstić information content (AvgIpc) is 2.70. The predicted octanol–water partition coefficient (Wildman–Crippen LogP) is 5.39. The van der Waals surface area contributed by atoms with Crippen molar-refractivity contribution in [1.29, 1.82) is 0 Å². The van der Waals surface area contributed by atoms with Crippen LogP contribution in [-0.2, 0) is 0 Å². The Morgan fingerprint density at radius 3 is 2.00 bits per heavy atom. The van der Waals surface area contributed by atoms with Crippen LogP contribution in [-0.4, -0.2) is 29.2 Å². The maximum Gasteiger partial charge on any atom is 0.269 e. The molecule has 144 valence electrons. The van der Waals surface area contributed by atoms with Crippen LogP contribution in [0.2, 0.25) is 0 Å². The van der Waals surface area contributed by atoms with Crippen LogP contribution in [0, 0.1) is 10.1 Å². The number of non-ortho nitro benzene ring substituents is 1. The van der Waals surface area contributed by atoms with Gasteiger partial charge in [-0.1, -0.05) is 20.3 Å². The Morgan fingerprint density at radius 2 is 1.56 bits per heavy atom. The summed E-state index contributed by atoms with van der Waals surface area (Å²) >= 11 is 0. The molecule has 1 atom stereocenters. The van der Waals surface area contributed by atoms with Gasteiger partial charge in [0.05, 0.1) is 28.9 Å². The molecule has 2 aromatic rings. The number of anilines is 1. The molecular weight excluding hydrogens is 344 g/mol. The van der Waals surface area contributed by atoms with E-state index in [1.165, 1.54) is 12.1 Å². The SMILES string of the molecule is CCCC(CO)N(CCC)c1ccc(/N=N/c2ccc([N+](=O)[O-])cc2)cc1. The molecule has 0 bridgehead atoms. The van der Waals surface area contributed by atoms with Crippen molar-refractivity contribution in [2.45, 2.75) is 39.2 Å². The summed E-state index contributed by atoms with van der Waals surface area (Å²) in [4.78, 5) is 12.5. The van der Waals surface area contributed by atoms with E-state index in [-0.39, 0.29) is 18.3 Å². The van der Waals surface area contributed by atoms with Gasteiger partial charge in [0.15, 0.2) is 0 Å². The molecule has 0 saturated carbocycles. The van der Waals surface area contributed by atoms with E-state index in [9.17, 15) is 15.2 Å². The highest BCUT2D eigenvalue weighted by atomic mass is 16.6.